The van der Waals surface area contributed by atoms with Crippen molar-refractivity contribution in [1.29, 1.82) is 0 Å². The molecule has 236 valence electrons. The molecule has 0 aliphatic carbocycles. The van der Waals surface area contributed by atoms with Crippen molar-refractivity contribution in [2.24, 2.45) is 0 Å². The molecule has 3 aliphatic heterocycles. The summed E-state index contributed by atoms with van der Waals surface area (Å²) in [4.78, 5) is 67.1. The summed E-state index contributed by atoms with van der Waals surface area (Å²) in [6, 6.07) is 7.83. The highest BCUT2D eigenvalue weighted by Gasteiger charge is 2.64. The van der Waals surface area contributed by atoms with Crippen molar-refractivity contribution in [2.45, 2.75) is 61.5 Å². The zero-order valence-corrected chi connectivity index (χ0v) is 26.1. The third kappa shape index (κ3) is 5.33. The number of carboxylic acid groups (broad SMARTS) is 1. The number of amides is 3. The van der Waals surface area contributed by atoms with E-state index in [2.05, 4.69) is 10.6 Å². The van der Waals surface area contributed by atoms with Gasteiger partial charge >= 0.3 is 16.1 Å². The molecular weight excluding hydrogens is 624 g/mol. The van der Waals surface area contributed by atoms with Crippen LogP contribution < -0.4 is 20.2 Å². The van der Waals surface area contributed by atoms with E-state index in [-0.39, 0.29) is 16.7 Å². The number of aromatic nitrogens is 1. The van der Waals surface area contributed by atoms with Gasteiger partial charge in [0.05, 0.1) is 11.8 Å². The van der Waals surface area contributed by atoms with E-state index < -0.39 is 67.5 Å². The fraction of sp³-hybridized carbons (Fsp3) is 0.367. The molecule has 3 amide bonds. The first-order chi connectivity index (χ1) is 21.2. The zero-order valence-electron chi connectivity index (χ0n) is 24.5. The Morgan fingerprint density at radius 1 is 1.11 bits per heavy atom. The predicted molar refractivity (Wildman–Crippen MR) is 164 cm³/mol. The van der Waals surface area contributed by atoms with Crippen LogP contribution in [-0.4, -0.2) is 75.1 Å². The lowest BCUT2D eigenvalue weighted by Crippen LogP contribution is -2.71. The quantitative estimate of drug-likeness (QED) is 0.237. The predicted octanol–water partition coefficient (Wildman–Crippen LogP) is 1.39. The third-order valence-electron chi connectivity index (χ3n) is 8.26. The van der Waals surface area contributed by atoms with Gasteiger partial charge in [-0.05, 0) is 44.4 Å². The fourth-order valence-electron chi connectivity index (χ4n) is 6.34. The average molecular weight is 655 g/mol. The van der Waals surface area contributed by atoms with Gasteiger partial charge in [0.25, 0.3) is 5.91 Å². The topological polar surface area (TPSA) is 181 Å². The number of nitrogens with zero attached hydrogens (tertiary/aromatic N) is 2. The average Bonchev–Trinajstić information content (AvgIpc) is 3.24. The minimum Gasteiger partial charge on any atom is -0.480 e. The second-order valence-electron chi connectivity index (χ2n) is 11.8. The summed E-state index contributed by atoms with van der Waals surface area (Å²) in [6.45, 7) is 3.92. The number of nitrogens with one attached hydrogen (secondary N) is 2. The Bertz CT molecular complexity index is 1940. The van der Waals surface area contributed by atoms with Gasteiger partial charge in [-0.2, -0.15) is 8.42 Å². The number of aryl methyl sites for hydroxylation is 2. The van der Waals surface area contributed by atoms with E-state index in [0.717, 1.165) is 6.26 Å². The maximum Gasteiger partial charge on any atom is 0.327 e. The van der Waals surface area contributed by atoms with E-state index in [1.54, 1.807) is 48.7 Å². The van der Waals surface area contributed by atoms with Crippen molar-refractivity contribution in [1.82, 2.24) is 20.1 Å². The molecule has 0 saturated carbocycles. The number of β-lactam (4-membered cyclic amide) rings is 1. The molecule has 3 N–H and O–H groups in total. The smallest absolute Gasteiger partial charge is 0.327 e. The van der Waals surface area contributed by atoms with Gasteiger partial charge in [0.1, 0.15) is 34.8 Å². The van der Waals surface area contributed by atoms with Gasteiger partial charge in [0.15, 0.2) is 0 Å². The van der Waals surface area contributed by atoms with Crippen molar-refractivity contribution in [3.63, 3.8) is 0 Å². The number of hydrogen-bond donors (Lipinski definition) is 3. The van der Waals surface area contributed by atoms with E-state index in [0.29, 0.717) is 36.0 Å². The van der Waals surface area contributed by atoms with Gasteiger partial charge in [-0.3, -0.25) is 19.2 Å². The Kier molecular flexibility index (Phi) is 7.43. The molecule has 0 bridgehead atoms. The number of carboxylic acids is 1. The largest absolute Gasteiger partial charge is 0.480 e. The minimum atomic E-state index is -3.81. The first-order valence-electron chi connectivity index (χ1n) is 14.2. The first-order valence-corrected chi connectivity index (χ1v) is 16.8. The van der Waals surface area contributed by atoms with E-state index in [1.807, 2.05) is 0 Å². The number of carbonyl (C=O) groups is 4. The van der Waals surface area contributed by atoms with Crippen molar-refractivity contribution in [3.8, 4) is 5.75 Å². The SMILES string of the molecule is CC1(C)SC2C(NC(=O)C(NC(=O)c3cn4c5c(c(OS(C)(=O)=O)ccc5c3=O)CCC4)c3ccccc3)C(=O)N2C1C(=O)O. The summed E-state index contributed by atoms with van der Waals surface area (Å²) in [7, 11) is -3.81. The lowest BCUT2D eigenvalue weighted by atomic mass is 9.95. The minimum absolute atomic E-state index is 0.124. The molecule has 4 unspecified atom stereocenters. The van der Waals surface area contributed by atoms with E-state index in [9.17, 15) is 37.5 Å². The van der Waals surface area contributed by atoms with Crippen molar-refractivity contribution < 1.29 is 36.9 Å². The van der Waals surface area contributed by atoms with Crippen LogP contribution in [0.2, 0.25) is 0 Å². The van der Waals surface area contributed by atoms with Crippen molar-refractivity contribution in [2.75, 3.05) is 6.26 Å². The number of aliphatic carboxylic acids is 1. The Morgan fingerprint density at radius 2 is 1.82 bits per heavy atom. The van der Waals surface area contributed by atoms with Crippen LogP contribution in [0.4, 0.5) is 0 Å². The Labute approximate surface area is 262 Å². The normalized spacial score (nSPS) is 22.2. The van der Waals surface area contributed by atoms with E-state index in [1.165, 1.54) is 35.0 Å². The molecule has 3 aliphatic rings. The highest BCUT2D eigenvalue weighted by Crippen LogP contribution is 2.50. The summed E-state index contributed by atoms with van der Waals surface area (Å²) in [6.07, 6.45) is 3.41. The summed E-state index contributed by atoms with van der Waals surface area (Å²) in [5.41, 5.74) is 0.609. The monoisotopic (exact) mass is 654 g/mol. The Hall–Kier alpha value is -4.37. The number of benzene rings is 2. The number of hydrogen-bond acceptors (Lipinski definition) is 9. The number of carbonyl (C=O) groups excluding carboxylic acids is 3. The molecule has 0 spiro atoms. The van der Waals surface area contributed by atoms with Gasteiger partial charge in [0, 0.05) is 28.4 Å². The lowest BCUT2D eigenvalue weighted by molar-refractivity contribution is -0.161. The van der Waals surface area contributed by atoms with Gasteiger partial charge in [0.2, 0.25) is 17.2 Å². The van der Waals surface area contributed by atoms with Gasteiger partial charge in [-0.1, -0.05) is 30.3 Å². The number of pyridine rings is 1. The zero-order chi connectivity index (χ0) is 32.4. The molecular formula is C30H30N4O9S2. The van der Waals surface area contributed by atoms with Gasteiger partial charge in [-0.15, -0.1) is 11.8 Å². The molecule has 45 heavy (non-hydrogen) atoms. The van der Waals surface area contributed by atoms with Crippen molar-refractivity contribution in [3.05, 3.63) is 75.6 Å². The van der Waals surface area contributed by atoms with Crippen molar-refractivity contribution >= 4 is 56.5 Å². The Balaban J connectivity index is 1.30. The van der Waals surface area contributed by atoms with Crippen LogP contribution in [0.25, 0.3) is 10.9 Å². The fourth-order valence-corrected chi connectivity index (χ4v) is 8.44. The van der Waals surface area contributed by atoms with Crippen LogP contribution in [0, 0.1) is 0 Å². The third-order valence-corrected chi connectivity index (χ3v) is 10.3. The van der Waals surface area contributed by atoms with Crippen LogP contribution in [-0.2, 0) is 37.5 Å². The van der Waals surface area contributed by atoms with Gasteiger partial charge in [-0.25, -0.2) is 4.79 Å². The summed E-state index contributed by atoms with van der Waals surface area (Å²) < 4.78 is 29.7. The van der Waals surface area contributed by atoms with E-state index in [4.69, 9.17) is 4.18 Å². The summed E-state index contributed by atoms with van der Waals surface area (Å²) in [5, 5.41) is 14.7. The molecule has 2 saturated heterocycles. The highest BCUT2D eigenvalue weighted by atomic mass is 32.2. The van der Waals surface area contributed by atoms with Crippen LogP contribution in [0.5, 0.6) is 5.75 Å². The van der Waals surface area contributed by atoms with Gasteiger partial charge < -0.3 is 29.4 Å². The lowest BCUT2D eigenvalue weighted by Gasteiger charge is -2.44. The molecule has 3 aromatic rings. The molecule has 13 nitrogen and oxygen atoms in total. The molecule has 4 atom stereocenters. The molecule has 4 heterocycles. The maximum atomic E-state index is 13.7. The van der Waals surface area contributed by atoms with E-state index >= 15 is 0 Å². The molecule has 15 heteroatoms. The molecule has 0 radical (unpaired) electrons. The highest BCUT2D eigenvalue weighted by molar-refractivity contribution is 8.01. The van der Waals surface area contributed by atoms with Crippen LogP contribution in [0.1, 0.15) is 47.8 Å². The first kappa shape index (κ1) is 30.6. The second kappa shape index (κ2) is 10.9. The second-order valence-corrected chi connectivity index (χ2v) is 15.1. The molecule has 2 aromatic carbocycles. The summed E-state index contributed by atoms with van der Waals surface area (Å²) in [5.74, 6) is -3.05. The molecule has 6 rings (SSSR count). The standard InChI is InChI=1S/C30H30N4O9S2/c1-30(2)24(29(39)40)34-27(38)21(28(34)44-30)32-26(37)20(15-8-5-4-6-9-15)31-25(36)18-14-33-13-7-10-16-19(43-45(3,41)42)12-11-17(22(16)33)23(18)35/h4-6,8-9,11-12,14,20-21,24,28H,7,10,13H2,1-3H3,(H,31,36)(H,32,37)(H,39,40). The van der Waals surface area contributed by atoms with Crippen LogP contribution in [0.15, 0.2) is 53.5 Å². The molecule has 1 aromatic heterocycles. The molecule has 2 fully saturated rings. The summed E-state index contributed by atoms with van der Waals surface area (Å²) >= 11 is 1.28. The Morgan fingerprint density at radius 3 is 2.49 bits per heavy atom. The maximum absolute atomic E-state index is 13.7. The number of fused-ring (bicyclic) bond motifs is 1. The number of rotatable bonds is 8. The van der Waals surface area contributed by atoms with Crippen LogP contribution in [0.3, 0.4) is 0 Å². The number of thioether (sulfide) groups is 1. The van der Waals surface area contributed by atoms with Crippen LogP contribution >= 0.6 is 11.8 Å².